The van der Waals surface area contributed by atoms with E-state index in [9.17, 15) is 8.42 Å². The molecule has 0 aliphatic carbocycles. The Balaban J connectivity index is 1.49. The zero-order chi connectivity index (χ0) is 21.8. The first-order valence-corrected chi connectivity index (χ1v) is 11.7. The van der Waals surface area contributed by atoms with Gasteiger partial charge in [0.05, 0.1) is 6.26 Å². The lowest BCUT2D eigenvalue weighted by atomic mass is 10.2. The molecule has 2 aromatic heterocycles. The highest BCUT2D eigenvalue weighted by Crippen LogP contribution is 2.25. The van der Waals surface area contributed by atoms with Crippen molar-refractivity contribution in [2.24, 2.45) is 0 Å². The van der Waals surface area contributed by atoms with Gasteiger partial charge in [-0.05, 0) is 31.2 Å². The summed E-state index contributed by atoms with van der Waals surface area (Å²) in [6.45, 7) is 3.42. The van der Waals surface area contributed by atoms with Crippen LogP contribution in [0.25, 0.3) is 17.0 Å². The van der Waals surface area contributed by atoms with Crippen LogP contribution in [0.3, 0.4) is 0 Å². The molecule has 1 N–H and O–H groups in total. The Labute approximate surface area is 180 Å². The third-order valence-corrected chi connectivity index (χ3v) is 5.06. The molecule has 0 amide bonds. The lowest BCUT2D eigenvalue weighted by Crippen LogP contribution is -2.09. The summed E-state index contributed by atoms with van der Waals surface area (Å²) >= 11 is 0. The fraction of sp³-hybridized carbons (Fsp3) is 0.238. The molecule has 31 heavy (non-hydrogen) atoms. The predicted molar refractivity (Wildman–Crippen MR) is 118 cm³/mol. The Bertz CT molecular complexity index is 1280. The van der Waals surface area contributed by atoms with Gasteiger partial charge in [-0.25, -0.2) is 8.42 Å². The van der Waals surface area contributed by atoms with Crippen molar-refractivity contribution in [1.29, 1.82) is 0 Å². The Morgan fingerprint density at radius 3 is 2.48 bits per heavy atom. The molecule has 0 radical (unpaired) electrons. The van der Waals surface area contributed by atoms with Crippen LogP contribution in [0.4, 0.5) is 5.69 Å². The van der Waals surface area contributed by atoms with Crippen LogP contribution in [-0.2, 0) is 16.6 Å². The SMILES string of the molecule is CCn1c(-c2cccc(NS(C)(=O)=O)c2)nn2nc(OCCOc3ccccc3)cc12. The number of para-hydroxylation sites is 1. The third kappa shape index (κ3) is 4.97. The van der Waals surface area contributed by atoms with Gasteiger partial charge in [0.25, 0.3) is 0 Å². The van der Waals surface area contributed by atoms with E-state index in [1.165, 1.54) is 4.63 Å². The number of aryl methyl sites for hydroxylation is 1. The fourth-order valence-electron chi connectivity index (χ4n) is 3.21. The van der Waals surface area contributed by atoms with E-state index in [4.69, 9.17) is 9.47 Å². The van der Waals surface area contributed by atoms with Crippen LogP contribution in [-0.4, -0.2) is 47.3 Å². The fourth-order valence-corrected chi connectivity index (χ4v) is 3.76. The molecule has 0 saturated heterocycles. The van der Waals surface area contributed by atoms with Crippen LogP contribution in [0.5, 0.6) is 11.6 Å². The highest BCUT2D eigenvalue weighted by molar-refractivity contribution is 7.92. The monoisotopic (exact) mass is 441 g/mol. The quantitative estimate of drug-likeness (QED) is 0.401. The highest BCUT2D eigenvalue weighted by atomic mass is 32.2. The molecule has 0 spiro atoms. The van der Waals surface area contributed by atoms with Gasteiger partial charge in [-0.1, -0.05) is 30.3 Å². The highest BCUT2D eigenvalue weighted by Gasteiger charge is 2.16. The van der Waals surface area contributed by atoms with Gasteiger partial charge >= 0.3 is 0 Å². The summed E-state index contributed by atoms with van der Waals surface area (Å²) in [7, 11) is -3.36. The number of nitrogens with one attached hydrogen (secondary N) is 1. The molecule has 10 heteroatoms. The maximum absolute atomic E-state index is 11.5. The van der Waals surface area contributed by atoms with E-state index in [1.807, 2.05) is 54.0 Å². The lowest BCUT2D eigenvalue weighted by Gasteiger charge is -2.08. The number of fused-ring (bicyclic) bond motifs is 1. The first-order chi connectivity index (χ1) is 14.9. The minimum atomic E-state index is -3.36. The summed E-state index contributed by atoms with van der Waals surface area (Å²) in [5.74, 6) is 1.93. The first kappa shape index (κ1) is 20.7. The van der Waals surface area contributed by atoms with Crippen molar-refractivity contribution < 1.29 is 17.9 Å². The van der Waals surface area contributed by atoms with E-state index in [1.54, 1.807) is 18.2 Å². The Morgan fingerprint density at radius 2 is 1.74 bits per heavy atom. The maximum Gasteiger partial charge on any atom is 0.237 e. The third-order valence-electron chi connectivity index (χ3n) is 4.46. The van der Waals surface area contributed by atoms with Crippen molar-refractivity contribution in [1.82, 2.24) is 19.4 Å². The second-order valence-electron chi connectivity index (χ2n) is 6.86. The van der Waals surface area contributed by atoms with Crippen LogP contribution in [0.2, 0.25) is 0 Å². The largest absolute Gasteiger partial charge is 0.490 e. The van der Waals surface area contributed by atoms with Gasteiger partial charge in [0, 0.05) is 23.9 Å². The van der Waals surface area contributed by atoms with Gasteiger partial charge in [0.2, 0.25) is 15.9 Å². The van der Waals surface area contributed by atoms with Crippen molar-refractivity contribution in [2.45, 2.75) is 13.5 Å². The summed E-state index contributed by atoms with van der Waals surface area (Å²) in [5.41, 5.74) is 2.03. The minimum absolute atomic E-state index is 0.354. The molecule has 0 saturated carbocycles. The van der Waals surface area contributed by atoms with E-state index in [0.29, 0.717) is 37.2 Å². The Hall–Kier alpha value is -3.53. The number of nitrogens with zero attached hydrogens (tertiary/aromatic N) is 4. The number of anilines is 1. The summed E-state index contributed by atoms with van der Waals surface area (Å²) in [4.78, 5) is 0. The van der Waals surface area contributed by atoms with Crippen molar-refractivity contribution in [3.05, 3.63) is 60.7 Å². The average molecular weight is 442 g/mol. The Morgan fingerprint density at radius 1 is 0.968 bits per heavy atom. The standard InChI is InChI=1S/C21H23N5O4S/c1-3-25-20-15-19(30-13-12-29-18-10-5-4-6-11-18)22-26(20)23-21(25)16-8-7-9-17(14-16)24-31(2,27)28/h4-11,14-15,24H,3,12-13H2,1-2H3. The number of ether oxygens (including phenoxy) is 2. The summed E-state index contributed by atoms with van der Waals surface area (Å²) in [6, 6.07) is 18.5. The topological polar surface area (TPSA) is 99.8 Å². The van der Waals surface area contributed by atoms with Crippen LogP contribution >= 0.6 is 0 Å². The van der Waals surface area contributed by atoms with E-state index in [-0.39, 0.29) is 0 Å². The van der Waals surface area contributed by atoms with Crippen molar-refractivity contribution in [3.8, 4) is 23.0 Å². The molecule has 9 nitrogen and oxygen atoms in total. The van der Waals surface area contributed by atoms with Crippen molar-refractivity contribution in [3.63, 3.8) is 0 Å². The molecule has 0 unspecified atom stereocenters. The van der Waals surface area contributed by atoms with Gasteiger partial charge in [0.1, 0.15) is 19.0 Å². The van der Waals surface area contributed by atoms with Gasteiger partial charge in [-0.2, -0.15) is 0 Å². The zero-order valence-electron chi connectivity index (χ0n) is 17.2. The van der Waals surface area contributed by atoms with E-state index >= 15 is 0 Å². The molecule has 4 aromatic rings. The molecule has 0 bridgehead atoms. The average Bonchev–Trinajstić information content (AvgIpc) is 3.28. The number of hydrogen-bond donors (Lipinski definition) is 1. The smallest absolute Gasteiger partial charge is 0.237 e. The van der Waals surface area contributed by atoms with Crippen LogP contribution < -0.4 is 14.2 Å². The first-order valence-electron chi connectivity index (χ1n) is 9.78. The van der Waals surface area contributed by atoms with Crippen LogP contribution in [0, 0.1) is 0 Å². The molecule has 162 valence electrons. The molecular weight excluding hydrogens is 418 g/mol. The van der Waals surface area contributed by atoms with Gasteiger partial charge in [0.15, 0.2) is 11.5 Å². The number of benzene rings is 2. The lowest BCUT2D eigenvalue weighted by molar-refractivity contribution is 0.211. The second kappa shape index (κ2) is 8.68. The second-order valence-corrected chi connectivity index (χ2v) is 8.61. The zero-order valence-corrected chi connectivity index (χ0v) is 18.0. The van der Waals surface area contributed by atoms with E-state index in [0.717, 1.165) is 23.2 Å². The molecule has 2 heterocycles. The molecule has 2 aromatic carbocycles. The van der Waals surface area contributed by atoms with Crippen molar-refractivity contribution in [2.75, 3.05) is 24.2 Å². The predicted octanol–water partition coefficient (Wildman–Crippen LogP) is 3.05. The van der Waals surface area contributed by atoms with Gasteiger partial charge < -0.3 is 14.0 Å². The maximum atomic E-state index is 11.5. The normalized spacial score (nSPS) is 11.5. The van der Waals surface area contributed by atoms with Crippen molar-refractivity contribution >= 4 is 21.4 Å². The Kier molecular flexibility index (Phi) is 5.81. The molecule has 4 rings (SSSR count). The molecule has 0 atom stereocenters. The van der Waals surface area contributed by atoms with E-state index < -0.39 is 10.0 Å². The number of hydrogen-bond acceptors (Lipinski definition) is 6. The van der Waals surface area contributed by atoms with Crippen LogP contribution in [0.1, 0.15) is 6.92 Å². The molecule has 0 fully saturated rings. The number of sulfonamides is 1. The summed E-state index contributed by atoms with van der Waals surface area (Å²) in [5, 5.41) is 8.96. The van der Waals surface area contributed by atoms with E-state index in [2.05, 4.69) is 14.9 Å². The molecule has 0 aliphatic rings. The minimum Gasteiger partial charge on any atom is -0.490 e. The molecule has 0 aliphatic heterocycles. The molecular formula is C21H23N5O4S. The van der Waals surface area contributed by atoms with Crippen LogP contribution in [0.15, 0.2) is 60.7 Å². The van der Waals surface area contributed by atoms with Gasteiger partial charge in [-0.3, -0.25) is 4.72 Å². The van der Waals surface area contributed by atoms with Gasteiger partial charge in [-0.15, -0.1) is 14.8 Å². The number of aromatic nitrogens is 4. The summed E-state index contributed by atoms with van der Waals surface area (Å²) < 4.78 is 40.4. The number of rotatable bonds is 9. The summed E-state index contributed by atoms with van der Waals surface area (Å²) in [6.07, 6.45) is 1.12.